The largest absolute Gasteiger partial charge is 0.382 e. The second-order valence-corrected chi connectivity index (χ2v) is 7.64. The number of aryl methyl sites for hydroxylation is 2. The fourth-order valence-electron chi connectivity index (χ4n) is 3.01. The third kappa shape index (κ3) is 3.73. The van der Waals surface area contributed by atoms with Gasteiger partial charge in [-0.2, -0.15) is 0 Å². The lowest BCUT2D eigenvalue weighted by molar-refractivity contribution is -0.126. The lowest BCUT2D eigenvalue weighted by Crippen LogP contribution is -2.43. The summed E-state index contributed by atoms with van der Waals surface area (Å²) in [6.07, 6.45) is -1.07. The third-order valence-corrected chi connectivity index (χ3v) is 5.82. The number of likely N-dealkylation sites (N-methyl/N-ethyl adjacent to an activating group) is 1. The average molecular weight is 356 g/mol. The molecular formula is C20H24N2O2S. The molecule has 0 unspecified atom stereocenters. The van der Waals surface area contributed by atoms with Crippen LogP contribution in [0.5, 0.6) is 0 Å². The smallest absolute Gasteiger partial charge is 0.257 e. The van der Waals surface area contributed by atoms with Gasteiger partial charge in [-0.1, -0.05) is 35.9 Å². The van der Waals surface area contributed by atoms with Crippen molar-refractivity contribution in [3.05, 3.63) is 59.2 Å². The number of aliphatic hydroxyl groups excluding tert-OH is 1. The first-order valence-electron chi connectivity index (χ1n) is 8.49. The molecule has 1 heterocycles. The van der Waals surface area contributed by atoms with Crippen molar-refractivity contribution in [3.63, 3.8) is 0 Å². The third-order valence-electron chi connectivity index (χ3n) is 4.46. The minimum absolute atomic E-state index is 0.240. The molecule has 0 bridgehead atoms. The highest BCUT2D eigenvalue weighted by molar-refractivity contribution is 7.99. The molecule has 4 nitrogen and oxygen atoms in total. The van der Waals surface area contributed by atoms with Gasteiger partial charge in [-0.05, 0) is 44.2 Å². The number of aliphatic hydroxyl groups is 1. The van der Waals surface area contributed by atoms with E-state index in [1.54, 1.807) is 16.7 Å². The molecule has 1 amide bonds. The van der Waals surface area contributed by atoms with Gasteiger partial charge < -0.3 is 15.3 Å². The van der Waals surface area contributed by atoms with E-state index < -0.39 is 6.10 Å². The molecule has 0 saturated carbocycles. The number of anilines is 1. The summed E-state index contributed by atoms with van der Waals surface area (Å²) in [6.45, 7) is 5.28. The lowest BCUT2D eigenvalue weighted by atomic mass is 10.0. The summed E-state index contributed by atoms with van der Waals surface area (Å²) in [4.78, 5) is 15.7. The predicted molar refractivity (Wildman–Crippen MR) is 103 cm³/mol. The van der Waals surface area contributed by atoms with Gasteiger partial charge in [0.05, 0.1) is 10.9 Å². The fraction of sp³-hybridized carbons (Fsp3) is 0.350. The van der Waals surface area contributed by atoms with Crippen LogP contribution in [0.1, 0.15) is 21.9 Å². The number of amides is 1. The van der Waals surface area contributed by atoms with E-state index in [0.717, 1.165) is 27.3 Å². The van der Waals surface area contributed by atoms with Crippen LogP contribution in [0.15, 0.2) is 47.4 Å². The minimum atomic E-state index is -1.07. The van der Waals surface area contributed by atoms with Crippen molar-refractivity contribution < 1.29 is 9.90 Å². The van der Waals surface area contributed by atoms with Crippen molar-refractivity contribution in [1.29, 1.82) is 0 Å². The van der Waals surface area contributed by atoms with E-state index in [9.17, 15) is 9.90 Å². The minimum Gasteiger partial charge on any atom is -0.382 e. The molecule has 25 heavy (non-hydrogen) atoms. The van der Waals surface area contributed by atoms with Crippen LogP contribution in [0, 0.1) is 13.8 Å². The molecule has 1 aliphatic heterocycles. The van der Waals surface area contributed by atoms with Crippen molar-refractivity contribution in [3.8, 4) is 0 Å². The van der Waals surface area contributed by atoms with Crippen LogP contribution in [-0.2, 0) is 4.79 Å². The van der Waals surface area contributed by atoms with E-state index in [1.807, 2.05) is 57.3 Å². The highest BCUT2D eigenvalue weighted by Gasteiger charge is 2.37. The zero-order valence-electron chi connectivity index (χ0n) is 14.8. The van der Waals surface area contributed by atoms with Crippen molar-refractivity contribution in [2.45, 2.75) is 30.1 Å². The molecule has 2 aromatic rings. The van der Waals surface area contributed by atoms with E-state index in [2.05, 4.69) is 11.4 Å². The van der Waals surface area contributed by atoms with Crippen LogP contribution in [0.25, 0.3) is 0 Å². The molecule has 2 N–H and O–H groups in total. The van der Waals surface area contributed by atoms with E-state index in [4.69, 9.17) is 0 Å². The second kappa shape index (κ2) is 7.60. The Labute approximate surface area is 153 Å². The fourth-order valence-corrected chi connectivity index (χ4v) is 4.37. The maximum absolute atomic E-state index is 13.0. The van der Waals surface area contributed by atoms with Crippen LogP contribution < -0.4 is 10.2 Å². The summed E-state index contributed by atoms with van der Waals surface area (Å²) >= 11 is 1.57. The molecule has 2 aromatic carbocycles. The molecule has 0 saturated heterocycles. The van der Waals surface area contributed by atoms with E-state index in [-0.39, 0.29) is 11.2 Å². The molecule has 132 valence electrons. The zero-order chi connectivity index (χ0) is 18.0. The van der Waals surface area contributed by atoms with Crippen LogP contribution in [0.3, 0.4) is 0 Å². The molecule has 1 aliphatic rings. The number of hydrogen-bond acceptors (Lipinski definition) is 4. The molecule has 0 radical (unpaired) electrons. The lowest BCUT2D eigenvalue weighted by Gasteiger charge is -2.25. The van der Waals surface area contributed by atoms with Crippen molar-refractivity contribution in [1.82, 2.24) is 5.32 Å². The number of carbonyl (C=O) groups excluding carboxylic acids is 1. The number of fused-ring (bicyclic) bond motifs is 1. The number of rotatable bonds is 4. The Morgan fingerprint density at radius 1 is 1.12 bits per heavy atom. The Morgan fingerprint density at radius 3 is 2.48 bits per heavy atom. The van der Waals surface area contributed by atoms with Crippen molar-refractivity contribution in [2.75, 3.05) is 25.0 Å². The maximum Gasteiger partial charge on any atom is 0.257 e. The molecule has 0 aromatic heterocycles. The Bertz CT molecular complexity index is 761. The molecule has 3 rings (SSSR count). The SMILES string of the molecule is CNCCN1C(=O)[C@H](O)[C@H](c2ccc(C)cc2)Sc2cc(C)ccc21. The number of carbonyl (C=O) groups is 1. The molecule has 0 aliphatic carbocycles. The number of nitrogens with zero attached hydrogens (tertiary/aromatic N) is 1. The zero-order valence-corrected chi connectivity index (χ0v) is 15.6. The number of thioether (sulfide) groups is 1. The first-order chi connectivity index (χ1) is 12.0. The van der Waals surface area contributed by atoms with Crippen LogP contribution in [0.4, 0.5) is 5.69 Å². The van der Waals surface area contributed by atoms with Gasteiger partial charge in [0.2, 0.25) is 0 Å². The summed E-state index contributed by atoms with van der Waals surface area (Å²) in [7, 11) is 1.86. The highest BCUT2D eigenvalue weighted by Crippen LogP contribution is 2.46. The van der Waals surface area contributed by atoms with Crippen LogP contribution in [0.2, 0.25) is 0 Å². The molecule has 5 heteroatoms. The Hall–Kier alpha value is -1.82. The van der Waals surface area contributed by atoms with Crippen molar-refractivity contribution in [2.24, 2.45) is 0 Å². The predicted octanol–water partition coefficient (Wildman–Crippen LogP) is 3.06. The summed E-state index contributed by atoms with van der Waals surface area (Å²) in [5, 5.41) is 13.6. The topological polar surface area (TPSA) is 52.6 Å². The van der Waals surface area contributed by atoms with Gasteiger partial charge >= 0.3 is 0 Å². The standard InChI is InChI=1S/C20H24N2O2S/c1-13-4-7-15(8-5-13)19-18(23)20(24)22(11-10-21-3)16-9-6-14(2)12-17(16)25-19/h4-9,12,18-19,21,23H,10-11H2,1-3H3/t18-,19+/m1/s1. The van der Waals surface area contributed by atoms with E-state index in [0.29, 0.717) is 13.1 Å². The maximum atomic E-state index is 13.0. The van der Waals surface area contributed by atoms with Gasteiger partial charge in [0, 0.05) is 18.0 Å². The molecular weight excluding hydrogens is 332 g/mol. The summed E-state index contributed by atoms with van der Waals surface area (Å²) in [5.74, 6) is -0.240. The van der Waals surface area contributed by atoms with Crippen molar-refractivity contribution >= 4 is 23.4 Å². The second-order valence-electron chi connectivity index (χ2n) is 6.46. The normalized spacial score (nSPS) is 20.3. The van der Waals surface area contributed by atoms with Gasteiger partial charge in [-0.3, -0.25) is 4.79 Å². The monoisotopic (exact) mass is 356 g/mol. The van der Waals surface area contributed by atoms with E-state index in [1.165, 1.54) is 0 Å². The van der Waals surface area contributed by atoms with Gasteiger partial charge in [0.1, 0.15) is 6.10 Å². The Balaban J connectivity index is 2.05. The van der Waals surface area contributed by atoms with E-state index >= 15 is 0 Å². The quantitative estimate of drug-likeness (QED) is 0.884. The van der Waals surface area contributed by atoms with Gasteiger partial charge in [0.25, 0.3) is 5.91 Å². The Morgan fingerprint density at radius 2 is 1.80 bits per heavy atom. The first kappa shape index (κ1) is 18.0. The number of hydrogen-bond donors (Lipinski definition) is 2. The first-order valence-corrected chi connectivity index (χ1v) is 9.37. The van der Waals surface area contributed by atoms with Gasteiger partial charge in [0.15, 0.2) is 0 Å². The summed E-state index contributed by atoms with van der Waals surface area (Å²) in [6, 6.07) is 14.1. The van der Waals surface area contributed by atoms with Gasteiger partial charge in [-0.25, -0.2) is 0 Å². The average Bonchev–Trinajstić information content (AvgIpc) is 2.70. The highest BCUT2D eigenvalue weighted by atomic mass is 32.2. The van der Waals surface area contributed by atoms with Crippen LogP contribution in [-0.4, -0.2) is 37.3 Å². The number of nitrogens with one attached hydrogen (secondary N) is 1. The summed E-state index contributed by atoms with van der Waals surface area (Å²) in [5.41, 5.74) is 4.16. The molecule has 0 fully saturated rings. The van der Waals surface area contributed by atoms with Gasteiger partial charge in [-0.15, -0.1) is 11.8 Å². The number of benzene rings is 2. The molecule has 2 atom stereocenters. The summed E-state index contributed by atoms with van der Waals surface area (Å²) < 4.78 is 0. The molecule has 0 spiro atoms. The Kier molecular flexibility index (Phi) is 5.47. The van der Waals surface area contributed by atoms with Crippen LogP contribution >= 0.6 is 11.8 Å².